The van der Waals surface area contributed by atoms with Crippen molar-refractivity contribution in [1.29, 1.82) is 0 Å². The molecule has 1 rings (SSSR count). The molecule has 3 heteroatoms. The summed E-state index contributed by atoms with van der Waals surface area (Å²) in [4.78, 5) is 0. The van der Waals surface area contributed by atoms with Gasteiger partial charge in [0.2, 0.25) is 0 Å². The molecule has 0 unspecified atom stereocenters. The molecule has 108 valence electrons. The average Bonchev–Trinajstić information content (AvgIpc) is 2.50. The molecule has 1 atom stereocenters. The molecule has 2 nitrogen and oxygen atoms in total. The molecular weight excluding hydrogens is 252 g/mol. The second kappa shape index (κ2) is 7.22. The van der Waals surface area contributed by atoms with Crippen LogP contribution in [0, 0.1) is 0 Å². The van der Waals surface area contributed by atoms with Crippen LogP contribution in [0.4, 0.5) is 0 Å². The fraction of sp³-hybridized carbons (Fsp3) is 0.625. The Labute approximate surface area is 118 Å². The minimum absolute atomic E-state index is 0.426. The molecule has 0 aromatic heterocycles. The number of hydrogen-bond donors (Lipinski definition) is 1. The molecule has 0 amide bonds. The Kier molecular flexibility index (Phi) is 6.24. The van der Waals surface area contributed by atoms with Gasteiger partial charge in [-0.2, -0.15) is 0 Å². The molecule has 0 saturated carbocycles. The van der Waals surface area contributed by atoms with Crippen LogP contribution in [-0.2, 0) is 10.0 Å². The van der Waals surface area contributed by atoms with E-state index in [0.29, 0.717) is 13.0 Å². The van der Waals surface area contributed by atoms with Crippen LogP contribution >= 0.6 is 0 Å². The average molecular weight is 280 g/mol. The Balaban J connectivity index is 2.82. The third kappa shape index (κ3) is 3.91. The summed E-state index contributed by atoms with van der Waals surface area (Å²) < 4.78 is 6.28. The highest BCUT2D eigenvalue weighted by molar-refractivity contribution is 6.73. The van der Waals surface area contributed by atoms with Gasteiger partial charge in [-0.1, -0.05) is 58.0 Å². The third-order valence-electron chi connectivity index (χ3n) is 4.45. The van der Waals surface area contributed by atoms with Gasteiger partial charge in [0.05, 0.1) is 6.61 Å². The van der Waals surface area contributed by atoms with E-state index in [-0.39, 0.29) is 0 Å². The molecule has 1 aromatic carbocycles. The predicted molar refractivity (Wildman–Crippen MR) is 83.8 cm³/mol. The molecule has 0 aliphatic carbocycles. The summed E-state index contributed by atoms with van der Waals surface area (Å²) in [6, 6.07) is 13.3. The lowest BCUT2D eigenvalue weighted by atomic mass is 9.92. The molecule has 1 N–H and O–H groups in total. The van der Waals surface area contributed by atoms with Crippen LogP contribution in [0.15, 0.2) is 30.3 Å². The monoisotopic (exact) mass is 280 g/mol. The van der Waals surface area contributed by atoms with E-state index in [9.17, 15) is 5.11 Å². The second-order valence-corrected chi connectivity index (χ2v) is 10.1. The molecular formula is C16H28O2Si. The predicted octanol–water partition coefficient (Wildman–Crippen LogP) is 4.31. The number of benzene rings is 1. The van der Waals surface area contributed by atoms with Gasteiger partial charge in [-0.05, 0) is 30.1 Å². The minimum Gasteiger partial charge on any atom is -0.414 e. The number of hydrogen-bond acceptors (Lipinski definition) is 2. The van der Waals surface area contributed by atoms with E-state index in [4.69, 9.17) is 4.43 Å². The highest BCUT2D eigenvalue weighted by Crippen LogP contribution is 2.29. The zero-order valence-electron chi connectivity index (χ0n) is 12.8. The number of rotatable bonds is 8. The first-order valence-corrected chi connectivity index (χ1v) is 10.0. The third-order valence-corrected chi connectivity index (χ3v) is 9.07. The maximum atomic E-state index is 10.8. The topological polar surface area (TPSA) is 29.5 Å². The van der Waals surface area contributed by atoms with Crippen LogP contribution in [-0.4, -0.2) is 20.0 Å². The van der Waals surface area contributed by atoms with Gasteiger partial charge >= 0.3 is 0 Å². The molecule has 0 radical (unpaired) electrons. The van der Waals surface area contributed by atoms with Crippen LogP contribution < -0.4 is 0 Å². The number of aliphatic hydroxyl groups is 1. The summed E-state index contributed by atoms with van der Waals surface area (Å²) in [5.74, 6) is 0. The molecule has 0 saturated heterocycles. The Hall–Kier alpha value is -0.643. The van der Waals surface area contributed by atoms with Crippen LogP contribution in [0.5, 0.6) is 0 Å². The van der Waals surface area contributed by atoms with Crippen LogP contribution in [0.1, 0.15) is 39.7 Å². The maximum absolute atomic E-state index is 10.8. The Morgan fingerprint density at radius 1 is 1.00 bits per heavy atom. The summed E-state index contributed by atoms with van der Waals surface area (Å²) in [7, 11) is -1.64. The highest BCUT2D eigenvalue weighted by Gasteiger charge is 2.34. The standard InChI is InChI=1S/C16H28O2Si/c1-5-16(17,15-12-10-9-11-13-15)14-18-19(6-2,7-3)8-4/h9-13,17H,5-8,14H2,1-4H3/t16-/m0/s1. The molecule has 0 aliphatic rings. The molecule has 0 bridgehead atoms. The van der Waals surface area contributed by atoms with Crippen molar-refractivity contribution in [3.63, 3.8) is 0 Å². The van der Waals surface area contributed by atoms with E-state index in [0.717, 1.165) is 23.7 Å². The largest absolute Gasteiger partial charge is 0.414 e. The van der Waals surface area contributed by atoms with Crippen LogP contribution in [0.2, 0.25) is 18.1 Å². The van der Waals surface area contributed by atoms with Gasteiger partial charge in [0.25, 0.3) is 0 Å². The Morgan fingerprint density at radius 3 is 1.95 bits per heavy atom. The zero-order valence-corrected chi connectivity index (χ0v) is 13.8. The summed E-state index contributed by atoms with van der Waals surface area (Å²) >= 11 is 0. The van der Waals surface area contributed by atoms with Gasteiger partial charge in [-0.25, -0.2) is 0 Å². The SMILES string of the molecule is CC[C@](O)(CO[Si](CC)(CC)CC)c1ccccc1. The first-order valence-electron chi connectivity index (χ1n) is 7.47. The van der Waals surface area contributed by atoms with Crippen molar-refractivity contribution in [2.75, 3.05) is 6.61 Å². The van der Waals surface area contributed by atoms with Crippen molar-refractivity contribution < 1.29 is 9.53 Å². The molecule has 0 fully saturated rings. The van der Waals surface area contributed by atoms with Crippen molar-refractivity contribution in [1.82, 2.24) is 0 Å². The van der Waals surface area contributed by atoms with Gasteiger partial charge in [-0.15, -0.1) is 0 Å². The fourth-order valence-electron chi connectivity index (χ4n) is 2.47. The van der Waals surface area contributed by atoms with E-state index in [1.54, 1.807) is 0 Å². The van der Waals surface area contributed by atoms with Gasteiger partial charge < -0.3 is 9.53 Å². The van der Waals surface area contributed by atoms with Crippen LogP contribution in [0.25, 0.3) is 0 Å². The maximum Gasteiger partial charge on any atom is 0.192 e. The van der Waals surface area contributed by atoms with E-state index >= 15 is 0 Å². The van der Waals surface area contributed by atoms with Crippen molar-refractivity contribution >= 4 is 8.32 Å². The first kappa shape index (κ1) is 16.4. The summed E-state index contributed by atoms with van der Waals surface area (Å²) in [5.41, 5.74) is 0.114. The van der Waals surface area contributed by atoms with Crippen molar-refractivity contribution in [2.24, 2.45) is 0 Å². The van der Waals surface area contributed by atoms with E-state index < -0.39 is 13.9 Å². The van der Waals surface area contributed by atoms with Gasteiger partial charge in [0, 0.05) is 0 Å². The van der Waals surface area contributed by atoms with Gasteiger partial charge in [0.15, 0.2) is 8.32 Å². The van der Waals surface area contributed by atoms with E-state index in [1.165, 1.54) is 0 Å². The van der Waals surface area contributed by atoms with Crippen molar-refractivity contribution in [3.8, 4) is 0 Å². The van der Waals surface area contributed by atoms with Crippen LogP contribution in [0.3, 0.4) is 0 Å². The Morgan fingerprint density at radius 2 is 1.53 bits per heavy atom. The second-order valence-electron chi connectivity index (χ2n) is 5.28. The normalized spacial score (nSPS) is 15.2. The molecule has 19 heavy (non-hydrogen) atoms. The molecule has 0 aliphatic heterocycles. The smallest absolute Gasteiger partial charge is 0.192 e. The minimum atomic E-state index is -1.64. The Bertz CT molecular complexity index is 354. The molecule has 0 spiro atoms. The fourth-order valence-corrected chi connectivity index (χ4v) is 5.12. The summed E-state index contributed by atoms with van der Waals surface area (Å²) in [5, 5.41) is 10.8. The van der Waals surface area contributed by atoms with Gasteiger partial charge in [-0.3, -0.25) is 0 Å². The van der Waals surface area contributed by atoms with Crippen molar-refractivity contribution in [2.45, 2.75) is 57.8 Å². The lowest BCUT2D eigenvalue weighted by Gasteiger charge is -2.34. The summed E-state index contributed by atoms with van der Waals surface area (Å²) in [6.07, 6.45) is 0.679. The lowest BCUT2D eigenvalue weighted by Crippen LogP contribution is -2.42. The first-order chi connectivity index (χ1) is 9.05. The van der Waals surface area contributed by atoms with Gasteiger partial charge in [0.1, 0.15) is 5.60 Å². The lowest BCUT2D eigenvalue weighted by molar-refractivity contribution is -0.0168. The summed E-state index contributed by atoms with van der Waals surface area (Å²) in [6.45, 7) is 9.09. The molecule has 1 aromatic rings. The van der Waals surface area contributed by atoms with Crippen molar-refractivity contribution in [3.05, 3.63) is 35.9 Å². The van der Waals surface area contributed by atoms with E-state index in [2.05, 4.69) is 20.8 Å². The molecule has 0 heterocycles. The quantitative estimate of drug-likeness (QED) is 0.719. The zero-order chi connectivity index (χ0) is 14.4. The van der Waals surface area contributed by atoms with E-state index in [1.807, 2.05) is 37.3 Å². The highest BCUT2D eigenvalue weighted by atomic mass is 28.4.